The largest absolute Gasteiger partial charge is 0.368 e. The van der Waals surface area contributed by atoms with Crippen molar-refractivity contribution in [3.63, 3.8) is 0 Å². The average molecular weight is 285 g/mol. The fourth-order valence-corrected chi connectivity index (χ4v) is 1.61. The second-order valence-corrected chi connectivity index (χ2v) is 4.33. The van der Waals surface area contributed by atoms with Gasteiger partial charge in [-0.3, -0.25) is 9.59 Å². The van der Waals surface area contributed by atoms with Crippen LogP contribution in [0.2, 0.25) is 0 Å². The highest BCUT2D eigenvalue weighted by Gasteiger charge is 2.16. The quantitative estimate of drug-likeness (QED) is 0.880. The van der Waals surface area contributed by atoms with Gasteiger partial charge in [0, 0.05) is 4.47 Å². The summed E-state index contributed by atoms with van der Waals surface area (Å²) in [7, 11) is 0. The lowest BCUT2D eigenvalue weighted by atomic mass is 10.1. The first kappa shape index (κ1) is 12.7. The molecule has 3 N–H and O–H groups in total. The summed E-state index contributed by atoms with van der Waals surface area (Å²) in [6, 6.07) is 4.67. The first-order valence-corrected chi connectivity index (χ1v) is 5.58. The Labute approximate surface area is 102 Å². The van der Waals surface area contributed by atoms with Gasteiger partial charge in [-0.1, -0.05) is 12.1 Å². The van der Waals surface area contributed by atoms with Crippen molar-refractivity contribution in [2.45, 2.75) is 19.9 Å². The van der Waals surface area contributed by atoms with Gasteiger partial charge in [-0.25, -0.2) is 0 Å². The van der Waals surface area contributed by atoms with E-state index in [2.05, 4.69) is 21.2 Å². The van der Waals surface area contributed by atoms with Gasteiger partial charge >= 0.3 is 0 Å². The Balaban J connectivity index is 2.89. The molecule has 0 heterocycles. The Morgan fingerprint density at radius 3 is 2.62 bits per heavy atom. The maximum Gasteiger partial charge on any atom is 0.253 e. The second kappa shape index (κ2) is 5.12. The Morgan fingerprint density at radius 2 is 2.06 bits per heavy atom. The predicted molar refractivity (Wildman–Crippen MR) is 65.0 cm³/mol. The molecule has 0 unspecified atom stereocenters. The zero-order chi connectivity index (χ0) is 12.3. The molecule has 0 aliphatic heterocycles. The minimum Gasteiger partial charge on any atom is -0.368 e. The third-order valence-corrected chi connectivity index (χ3v) is 3.26. The molecule has 0 radical (unpaired) electrons. The van der Waals surface area contributed by atoms with E-state index in [1.54, 1.807) is 19.1 Å². The van der Waals surface area contributed by atoms with E-state index in [1.807, 2.05) is 13.0 Å². The minimum absolute atomic E-state index is 0.318. The molecule has 1 aromatic rings. The van der Waals surface area contributed by atoms with Gasteiger partial charge in [0.05, 0.1) is 5.56 Å². The molecule has 0 spiro atoms. The molecule has 16 heavy (non-hydrogen) atoms. The summed E-state index contributed by atoms with van der Waals surface area (Å²) in [5.74, 6) is -0.876. The van der Waals surface area contributed by atoms with E-state index in [4.69, 9.17) is 5.73 Å². The van der Waals surface area contributed by atoms with E-state index in [1.165, 1.54) is 0 Å². The summed E-state index contributed by atoms with van der Waals surface area (Å²) in [4.78, 5) is 22.6. The van der Waals surface area contributed by atoms with Crippen LogP contribution in [0.4, 0.5) is 0 Å². The molecule has 0 bridgehead atoms. The lowest BCUT2D eigenvalue weighted by molar-refractivity contribution is -0.119. The number of nitrogens with one attached hydrogen (secondary N) is 1. The van der Waals surface area contributed by atoms with Crippen molar-refractivity contribution < 1.29 is 9.59 Å². The van der Waals surface area contributed by atoms with Crippen LogP contribution in [0.15, 0.2) is 22.7 Å². The predicted octanol–water partition coefficient (Wildman–Crippen LogP) is 1.36. The van der Waals surface area contributed by atoms with Gasteiger partial charge in [0.2, 0.25) is 5.91 Å². The highest BCUT2D eigenvalue weighted by molar-refractivity contribution is 9.10. The van der Waals surface area contributed by atoms with Crippen LogP contribution in [0.25, 0.3) is 0 Å². The van der Waals surface area contributed by atoms with Crippen molar-refractivity contribution >= 4 is 27.7 Å². The number of nitrogens with two attached hydrogens (primary N) is 1. The van der Waals surface area contributed by atoms with Crippen molar-refractivity contribution in [1.29, 1.82) is 0 Å². The molecular weight excluding hydrogens is 272 g/mol. The number of carbonyl (C=O) groups is 2. The van der Waals surface area contributed by atoms with Crippen molar-refractivity contribution in [2.24, 2.45) is 5.73 Å². The van der Waals surface area contributed by atoms with Crippen LogP contribution in [0.1, 0.15) is 22.8 Å². The molecule has 0 aliphatic carbocycles. The van der Waals surface area contributed by atoms with Crippen LogP contribution in [0, 0.1) is 6.92 Å². The molecule has 0 saturated heterocycles. The van der Waals surface area contributed by atoms with Gasteiger partial charge in [-0.15, -0.1) is 0 Å². The fourth-order valence-electron chi connectivity index (χ4n) is 1.17. The van der Waals surface area contributed by atoms with E-state index in [-0.39, 0.29) is 5.91 Å². The molecular formula is C11H13BrN2O2. The number of carbonyl (C=O) groups excluding carboxylic acids is 2. The van der Waals surface area contributed by atoms with Crippen molar-refractivity contribution in [2.75, 3.05) is 0 Å². The first-order chi connectivity index (χ1) is 7.43. The number of hydrogen-bond acceptors (Lipinski definition) is 2. The maximum atomic E-state index is 11.8. The van der Waals surface area contributed by atoms with Gasteiger partial charge in [-0.2, -0.15) is 0 Å². The molecule has 4 nitrogen and oxygen atoms in total. The van der Waals surface area contributed by atoms with Crippen molar-refractivity contribution in [3.05, 3.63) is 33.8 Å². The molecule has 1 rings (SSSR count). The summed E-state index contributed by atoms with van der Waals surface area (Å²) in [6.07, 6.45) is 0. The zero-order valence-electron chi connectivity index (χ0n) is 9.08. The normalized spacial score (nSPS) is 11.9. The zero-order valence-corrected chi connectivity index (χ0v) is 10.7. The van der Waals surface area contributed by atoms with Crippen LogP contribution >= 0.6 is 15.9 Å². The number of aryl methyl sites for hydroxylation is 1. The number of hydrogen-bond donors (Lipinski definition) is 2. The molecule has 0 aromatic heterocycles. The Bertz CT molecular complexity index is 432. The van der Waals surface area contributed by atoms with Gasteiger partial charge < -0.3 is 11.1 Å². The van der Waals surface area contributed by atoms with Gasteiger partial charge in [-0.05, 0) is 41.4 Å². The highest BCUT2D eigenvalue weighted by atomic mass is 79.9. The molecule has 1 aromatic carbocycles. The molecule has 86 valence electrons. The molecule has 0 aliphatic rings. The monoisotopic (exact) mass is 284 g/mol. The average Bonchev–Trinajstić information content (AvgIpc) is 2.21. The van der Waals surface area contributed by atoms with Gasteiger partial charge in [0.1, 0.15) is 6.04 Å². The van der Waals surface area contributed by atoms with Gasteiger partial charge in [0.15, 0.2) is 0 Å². The summed E-state index contributed by atoms with van der Waals surface area (Å²) in [6.45, 7) is 3.43. The van der Waals surface area contributed by atoms with E-state index in [0.717, 1.165) is 10.0 Å². The Morgan fingerprint density at radius 1 is 1.44 bits per heavy atom. The molecule has 0 saturated carbocycles. The summed E-state index contributed by atoms with van der Waals surface area (Å²) in [5.41, 5.74) is 6.52. The van der Waals surface area contributed by atoms with Crippen LogP contribution in [0.3, 0.4) is 0 Å². The van der Waals surface area contributed by atoms with Crippen LogP contribution in [-0.2, 0) is 4.79 Å². The fraction of sp³-hybridized carbons (Fsp3) is 0.273. The van der Waals surface area contributed by atoms with Crippen molar-refractivity contribution in [3.8, 4) is 0 Å². The Hall–Kier alpha value is -1.36. The standard InChI is InChI=1S/C11H13BrN2O2/c1-6-4-3-5-8(9(6)12)11(16)14-7(2)10(13)15/h3-5,7H,1-2H3,(H2,13,15)(H,14,16)/t7-/m0/s1. The lowest BCUT2D eigenvalue weighted by Crippen LogP contribution is -2.42. The van der Waals surface area contributed by atoms with E-state index >= 15 is 0 Å². The van der Waals surface area contributed by atoms with E-state index in [9.17, 15) is 9.59 Å². The summed E-state index contributed by atoms with van der Waals surface area (Å²) < 4.78 is 0.726. The van der Waals surface area contributed by atoms with E-state index in [0.29, 0.717) is 5.56 Å². The topological polar surface area (TPSA) is 72.2 Å². The second-order valence-electron chi connectivity index (χ2n) is 3.53. The Kier molecular flexibility index (Phi) is 4.06. The number of rotatable bonds is 3. The van der Waals surface area contributed by atoms with E-state index < -0.39 is 11.9 Å². The molecule has 2 amide bonds. The number of primary amides is 1. The molecule has 1 atom stereocenters. The summed E-state index contributed by atoms with van der Waals surface area (Å²) >= 11 is 3.33. The van der Waals surface area contributed by atoms with Gasteiger partial charge in [0.25, 0.3) is 5.91 Å². The van der Waals surface area contributed by atoms with Crippen LogP contribution < -0.4 is 11.1 Å². The van der Waals surface area contributed by atoms with Crippen molar-refractivity contribution in [1.82, 2.24) is 5.32 Å². The molecule has 5 heteroatoms. The third kappa shape index (κ3) is 2.82. The first-order valence-electron chi connectivity index (χ1n) is 4.78. The number of amides is 2. The number of benzene rings is 1. The van der Waals surface area contributed by atoms with Crippen LogP contribution in [0.5, 0.6) is 0 Å². The minimum atomic E-state index is -0.681. The highest BCUT2D eigenvalue weighted by Crippen LogP contribution is 2.20. The number of halogens is 1. The molecule has 0 fully saturated rings. The summed E-state index contributed by atoms with van der Waals surface area (Å²) in [5, 5.41) is 2.52. The lowest BCUT2D eigenvalue weighted by Gasteiger charge is -2.11. The third-order valence-electron chi connectivity index (χ3n) is 2.21. The maximum absolute atomic E-state index is 11.8. The SMILES string of the molecule is Cc1cccc(C(=O)N[C@@H](C)C(N)=O)c1Br. The smallest absolute Gasteiger partial charge is 0.253 e. The van der Waals surface area contributed by atoms with Crippen LogP contribution in [-0.4, -0.2) is 17.9 Å².